The summed E-state index contributed by atoms with van der Waals surface area (Å²) in [6, 6.07) is 31.3. The summed E-state index contributed by atoms with van der Waals surface area (Å²) >= 11 is 0. The second-order valence-electron chi connectivity index (χ2n) is 31.9. The summed E-state index contributed by atoms with van der Waals surface area (Å²) in [6.07, 6.45) is 11.4. The molecule has 1 saturated heterocycles. The normalized spacial score (nSPS) is 18.9. The zero-order valence-electron chi connectivity index (χ0n) is 66.6. The molecule has 0 radical (unpaired) electrons. The highest BCUT2D eigenvalue weighted by Crippen LogP contribution is 2.51. The topological polar surface area (TPSA) is 55.4 Å². The largest absolute Gasteiger partial charge is 0.450 e. The van der Waals surface area contributed by atoms with Gasteiger partial charge in [0.1, 0.15) is 5.75 Å². The van der Waals surface area contributed by atoms with Crippen molar-refractivity contribution in [1.82, 2.24) is 0 Å². The second kappa shape index (κ2) is 37.3. The highest BCUT2D eigenvalue weighted by atomic mass is 19.3. The van der Waals surface area contributed by atoms with Crippen LogP contribution in [0.2, 0.25) is 0 Å². The van der Waals surface area contributed by atoms with E-state index >= 15 is 30.7 Å². The summed E-state index contributed by atoms with van der Waals surface area (Å²) in [4.78, 5) is 0. The van der Waals surface area contributed by atoms with Crippen LogP contribution in [0.15, 0.2) is 127 Å². The summed E-state index contributed by atoms with van der Waals surface area (Å²) in [6.45, 7) is 12.6. The lowest BCUT2D eigenvalue weighted by atomic mass is 9.73. The third kappa shape index (κ3) is 18.7. The van der Waals surface area contributed by atoms with Crippen molar-refractivity contribution in [3.05, 3.63) is 258 Å². The maximum absolute atomic E-state index is 15.6. The van der Waals surface area contributed by atoms with E-state index in [0.717, 1.165) is 74.5 Å². The Hall–Kier alpha value is -9.37. The molecule has 4 heterocycles. The Kier molecular flexibility index (Phi) is 27.3. The Balaban J connectivity index is 0.000000152. The first kappa shape index (κ1) is 85.5. The van der Waals surface area contributed by atoms with Gasteiger partial charge in [-0.3, -0.25) is 0 Å². The summed E-state index contributed by atoms with van der Waals surface area (Å²) in [5.74, 6) is -14.2. The smallest absolute Gasteiger partial charge is 0.426 e. The van der Waals surface area contributed by atoms with Crippen molar-refractivity contribution >= 4 is 11.7 Å². The van der Waals surface area contributed by atoms with E-state index in [9.17, 15) is 35.1 Å². The summed E-state index contributed by atoms with van der Waals surface area (Å²) in [5.41, 5.74) is 4.87. The van der Waals surface area contributed by atoms with Crippen LogP contribution in [-0.2, 0) is 55.8 Å². The molecule has 2 saturated carbocycles. The van der Waals surface area contributed by atoms with E-state index in [0.29, 0.717) is 121 Å². The molecule has 9 aromatic rings. The number of alkyl halides is 4. The van der Waals surface area contributed by atoms with Crippen LogP contribution < -0.4 is 23.7 Å². The second-order valence-corrected chi connectivity index (χ2v) is 31.9. The van der Waals surface area contributed by atoms with Gasteiger partial charge in [-0.15, -0.1) is 0 Å². The highest BCUT2D eigenvalue weighted by molar-refractivity contribution is 5.84. The zero-order valence-corrected chi connectivity index (χ0v) is 66.6. The number of fused-ring (bicyclic) bond motifs is 6. The average molecular weight is 1630 g/mol. The van der Waals surface area contributed by atoms with E-state index in [1.165, 1.54) is 105 Å². The van der Waals surface area contributed by atoms with Gasteiger partial charge < -0.3 is 28.4 Å². The minimum Gasteiger partial charge on any atom is -0.450 e. The van der Waals surface area contributed by atoms with Crippen molar-refractivity contribution in [2.75, 3.05) is 6.61 Å². The zero-order chi connectivity index (χ0) is 83.1. The maximum Gasteiger partial charge on any atom is 0.426 e. The fourth-order valence-corrected chi connectivity index (χ4v) is 17.5. The summed E-state index contributed by atoms with van der Waals surface area (Å²) in [5, 5.41) is 0. The molecule has 4 aliphatic heterocycles. The standard InChI is InChI=1S/C33H33F5O.C32H27F5O2.C31H37F5O3/c1-3-5-19-7-9-20(10-8-19)21-11-13-22(14-12-21)27(34)29(36)26-16-15-24-18-25-17-23(6-4-2)28(35)31(38)33(25)39-32(24)30(26)37;1-3-5-19-7-12-24(13-8-19)32(36,37)39-25-14-9-20(10-15-25)26-16-11-22-18-23-17-21(6-4-2)27(33)29(35)31(23)38-30(22)28(26)34;1-3-5-19-15-22-16-20-10-14-25(27(33)29(20)38-30(22)28(34)26(19)32)39-31(35,36)23-11-7-18(8-12-23)21-9-13-24(6-4-2)37-17-21/h11-17,19-20H,3-10,18H2,1-2H3;7-17H,3-6,18H2,1-2H3;10,14-15,18,21,23-24H,3-9,11-13,16-17H2,1-2H3/b29-27+;;. The van der Waals surface area contributed by atoms with Crippen LogP contribution in [0, 0.1) is 76.0 Å². The number of rotatable bonds is 23. The van der Waals surface area contributed by atoms with Gasteiger partial charge in [-0.25, -0.2) is 30.7 Å². The van der Waals surface area contributed by atoms with Gasteiger partial charge in [0, 0.05) is 63.8 Å². The van der Waals surface area contributed by atoms with Gasteiger partial charge in [0.05, 0.1) is 29.8 Å². The summed E-state index contributed by atoms with van der Waals surface area (Å²) in [7, 11) is 0. The van der Waals surface area contributed by atoms with Crippen LogP contribution in [-0.4, -0.2) is 18.8 Å². The Morgan fingerprint density at radius 3 is 1.38 bits per heavy atom. The van der Waals surface area contributed by atoms with Crippen molar-refractivity contribution < 1.29 is 94.3 Å². The third-order valence-corrected chi connectivity index (χ3v) is 23.8. The van der Waals surface area contributed by atoms with Crippen LogP contribution in [0.4, 0.5) is 65.9 Å². The van der Waals surface area contributed by atoms with Crippen molar-refractivity contribution in [2.45, 2.75) is 226 Å². The number of hydrogen-bond acceptors (Lipinski definition) is 6. The lowest BCUT2D eigenvalue weighted by Gasteiger charge is -2.39. The number of aryl methyl sites for hydroxylation is 4. The lowest BCUT2D eigenvalue weighted by Crippen LogP contribution is -2.39. The first-order chi connectivity index (χ1) is 56.2. The molecule has 0 spiro atoms. The maximum atomic E-state index is 15.6. The number of hydrogen-bond donors (Lipinski definition) is 0. The molecule has 6 nitrogen and oxygen atoms in total. The van der Waals surface area contributed by atoms with Crippen LogP contribution >= 0.6 is 0 Å². The SMILES string of the molecule is CCCc1cc2c(c(F)c1F)Oc1c(ccc(/C(F)=C(\F)c3ccc(C4CCC(CCC)CC4)cc3)c1F)C2.CCCc1cc2c(c(F)c1F)Oc1c(ccc(OC(F)(F)C3CCC(C4CCC(CCC)OC4)CC3)c1F)C2.CCCc1ccc(C(F)(F)Oc2ccc(-c3ccc4c(c3F)Oc3c(cc(CCC)c(F)c3F)C4)cc2)cc1. The van der Waals surface area contributed by atoms with Crippen LogP contribution in [0.25, 0.3) is 22.8 Å². The van der Waals surface area contributed by atoms with Crippen molar-refractivity contribution in [1.29, 1.82) is 0 Å². The van der Waals surface area contributed by atoms with Crippen LogP contribution in [0.5, 0.6) is 46.0 Å². The molecule has 21 heteroatoms. The molecule has 3 fully saturated rings. The predicted octanol–water partition coefficient (Wildman–Crippen LogP) is 29.2. The van der Waals surface area contributed by atoms with E-state index in [-0.39, 0.29) is 82.7 Å². The predicted molar refractivity (Wildman–Crippen MR) is 423 cm³/mol. The number of ether oxygens (including phenoxy) is 6. The molecule has 9 aromatic carbocycles. The fourth-order valence-electron chi connectivity index (χ4n) is 17.5. The molecule has 2 unspecified atom stereocenters. The molecular weight excluding hydrogens is 1530 g/mol. The number of halogens is 15. The molecule has 0 amide bonds. The molecule has 117 heavy (non-hydrogen) atoms. The van der Waals surface area contributed by atoms with Gasteiger partial charge >= 0.3 is 12.2 Å². The van der Waals surface area contributed by atoms with E-state index in [2.05, 4.69) is 13.8 Å². The van der Waals surface area contributed by atoms with Gasteiger partial charge in [0.25, 0.3) is 0 Å². The molecular formula is C96H97F15O6. The van der Waals surface area contributed by atoms with Gasteiger partial charge in [-0.1, -0.05) is 159 Å². The minimum absolute atomic E-state index is 0.0101. The van der Waals surface area contributed by atoms with Crippen LogP contribution in [0.1, 0.15) is 241 Å². The van der Waals surface area contributed by atoms with Crippen molar-refractivity contribution in [3.63, 3.8) is 0 Å². The van der Waals surface area contributed by atoms with Gasteiger partial charge in [-0.05, 0) is 208 Å². The van der Waals surface area contributed by atoms with E-state index in [4.69, 9.17) is 28.4 Å². The van der Waals surface area contributed by atoms with Gasteiger partial charge in [0.2, 0.25) is 23.3 Å². The van der Waals surface area contributed by atoms with E-state index in [1.807, 2.05) is 39.8 Å². The Labute approximate surface area is 674 Å². The molecule has 15 rings (SSSR count). The molecule has 6 aliphatic rings. The third-order valence-electron chi connectivity index (χ3n) is 23.8. The molecule has 2 atom stereocenters. The average Bonchev–Trinajstić information content (AvgIpc) is 0.764. The van der Waals surface area contributed by atoms with Crippen LogP contribution in [0.3, 0.4) is 0 Å². The molecule has 0 aromatic heterocycles. The minimum atomic E-state index is -3.58. The van der Waals surface area contributed by atoms with Gasteiger partial charge in [-0.2, -0.15) is 35.1 Å². The quantitative estimate of drug-likeness (QED) is 0.0470. The fraction of sp³-hybridized carbons (Fsp3) is 0.417. The van der Waals surface area contributed by atoms with Crippen molar-refractivity contribution in [3.8, 4) is 57.1 Å². The lowest BCUT2D eigenvalue weighted by molar-refractivity contribution is -0.226. The van der Waals surface area contributed by atoms with Gasteiger partial charge in [0.15, 0.2) is 81.0 Å². The Bertz CT molecular complexity index is 5040. The first-order valence-electron chi connectivity index (χ1n) is 41.3. The van der Waals surface area contributed by atoms with E-state index < -0.39 is 116 Å². The molecule has 2 aliphatic carbocycles. The van der Waals surface area contributed by atoms with Crippen molar-refractivity contribution in [2.24, 2.45) is 23.7 Å². The number of benzene rings is 9. The molecule has 622 valence electrons. The Morgan fingerprint density at radius 2 is 0.880 bits per heavy atom. The highest BCUT2D eigenvalue weighted by Gasteiger charge is 2.47. The monoisotopic (exact) mass is 1630 g/mol. The molecule has 0 N–H and O–H groups in total. The summed E-state index contributed by atoms with van der Waals surface area (Å²) < 4.78 is 257. The Morgan fingerprint density at radius 1 is 0.402 bits per heavy atom. The van der Waals surface area contributed by atoms with E-state index in [1.54, 1.807) is 30.3 Å². The first-order valence-corrected chi connectivity index (χ1v) is 41.3. The molecule has 0 bridgehead atoms.